The molecular weight excluding hydrogens is 295 g/mol. The zero-order valence-corrected chi connectivity index (χ0v) is 12.8. The fraction of sp³-hybridized carbons (Fsp3) is 0.600. The fourth-order valence-corrected chi connectivity index (χ4v) is 3.85. The lowest BCUT2D eigenvalue weighted by atomic mass is 9.78. The summed E-state index contributed by atoms with van der Waals surface area (Å²) in [6.45, 7) is 0.847. The Morgan fingerprint density at radius 3 is 2.75 bits per heavy atom. The van der Waals surface area contributed by atoms with Crippen LogP contribution < -0.4 is 0 Å². The number of nitrogens with zero attached hydrogens (tertiary/aromatic N) is 2. The first-order chi connectivity index (χ1) is 9.66. The maximum Gasteiger partial charge on any atom is 0.255 e. The van der Waals surface area contributed by atoms with Crippen molar-refractivity contribution in [3.63, 3.8) is 0 Å². The van der Waals surface area contributed by atoms with E-state index < -0.39 is 0 Å². The van der Waals surface area contributed by atoms with Gasteiger partial charge >= 0.3 is 0 Å². The number of likely N-dealkylation sites (tertiary alicyclic amines) is 1. The van der Waals surface area contributed by atoms with Gasteiger partial charge in [-0.2, -0.15) is 0 Å². The van der Waals surface area contributed by atoms with Gasteiger partial charge in [-0.1, -0.05) is 36.0 Å². The van der Waals surface area contributed by atoms with Gasteiger partial charge in [-0.15, -0.1) is 0 Å². The van der Waals surface area contributed by atoms with Crippen molar-refractivity contribution in [3.8, 4) is 0 Å². The minimum Gasteiger partial charge on any atom is -0.335 e. The summed E-state index contributed by atoms with van der Waals surface area (Å²) < 4.78 is 0. The predicted molar refractivity (Wildman–Crippen MR) is 80.3 cm³/mol. The summed E-state index contributed by atoms with van der Waals surface area (Å²) in [6.07, 6.45) is 8.81. The normalized spacial score (nSPS) is 26.2. The van der Waals surface area contributed by atoms with Crippen molar-refractivity contribution in [1.82, 2.24) is 9.88 Å². The second-order valence-corrected chi connectivity index (χ2v) is 6.51. The molecule has 5 heteroatoms. The lowest BCUT2D eigenvalue weighted by Gasteiger charge is -2.44. The summed E-state index contributed by atoms with van der Waals surface area (Å²) in [7, 11) is 0. The standard InChI is InChI=1S/C15H18Cl2N2O/c16-12-8-11(9-18-14(12)17)15(20)19-7-3-5-10-4-1-2-6-13(10)19/h8-10,13H,1-7H2/t10-,13-/m1/s1. The SMILES string of the molecule is O=C(c1cnc(Cl)c(Cl)c1)N1CCC[C@H]2CCCC[C@H]21. The molecule has 0 spiro atoms. The molecule has 0 radical (unpaired) electrons. The van der Waals surface area contributed by atoms with Crippen molar-refractivity contribution in [2.45, 2.75) is 44.6 Å². The predicted octanol–water partition coefficient (Wildman–Crippen LogP) is 4.18. The number of hydrogen-bond acceptors (Lipinski definition) is 2. The lowest BCUT2D eigenvalue weighted by molar-refractivity contribution is 0.0390. The summed E-state index contributed by atoms with van der Waals surface area (Å²) in [5.41, 5.74) is 0.547. The number of halogens is 2. The molecule has 1 saturated heterocycles. The van der Waals surface area contributed by atoms with Crippen molar-refractivity contribution in [2.24, 2.45) is 5.92 Å². The first-order valence-corrected chi connectivity index (χ1v) is 8.04. The molecule has 1 aliphatic heterocycles. The monoisotopic (exact) mass is 312 g/mol. The van der Waals surface area contributed by atoms with E-state index >= 15 is 0 Å². The largest absolute Gasteiger partial charge is 0.335 e. The second-order valence-electron chi connectivity index (χ2n) is 5.75. The minimum atomic E-state index is 0.0488. The van der Waals surface area contributed by atoms with E-state index in [1.165, 1.54) is 31.9 Å². The molecule has 1 saturated carbocycles. The number of hydrogen-bond donors (Lipinski definition) is 0. The van der Waals surface area contributed by atoms with Gasteiger partial charge in [0.2, 0.25) is 0 Å². The Labute approximate surface area is 129 Å². The molecule has 2 fully saturated rings. The van der Waals surface area contributed by atoms with Crippen LogP contribution in [-0.4, -0.2) is 28.4 Å². The maximum atomic E-state index is 12.7. The minimum absolute atomic E-state index is 0.0488. The van der Waals surface area contributed by atoms with Crippen LogP contribution >= 0.6 is 23.2 Å². The molecule has 3 rings (SSSR count). The number of aromatic nitrogens is 1. The molecule has 0 N–H and O–H groups in total. The molecule has 2 heterocycles. The molecule has 0 aromatic carbocycles. The first kappa shape index (κ1) is 14.2. The highest BCUT2D eigenvalue weighted by Gasteiger charge is 2.36. The van der Waals surface area contributed by atoms with Gasteiger partial charge in [0.1, 0.15) is 5.15 Å². The average Bonchev–Trinajstić information content (AvgIpc) is 2.49. The molecule has 1 aromatic rings. The molecule has 0 unspecified atom stereocenters. The number of rotatable bonds is 1. The van der Waals surface area contributed by atoms with Gasteiger partial charge in [-0.25, -0.2) is 4.98 Å². The topological polar surface area (TPSA) is 33.2 Å². The zero-order valence-electron chi connectivity index (χ0n) is 11.3. The number of carbonyl (C=O) groups is 1. The van der Waals surface area contributed by atoms with Gasteiger partial charge in [-0.05, 0) is 37.7 Å². The molecular formula is C15H18Cl2N2O. The van der Waals surface area contributed by atoms with Crippen LogP contribution in [0.3, 0.4) is 0 Å². The third kappa shape index (κ3) is 2.66. The molecule has 2 aliphatic rings. The number of fused-ring (bicyclic) bond motifs is 1. The van der Waals surface area contributed by atoms with Gasteiger partial charge in [-0.3, -0.25) is 4.79 Å². The van der Waals surface area contributed by atoms with Crippen LogP contribution in [0.15, 0.2) is 12.3 Å². The van der Waals surface area contributed by atoms with E-state index in [0.29, 0.717) is 22.5 Å². The van der Waals surface area contributed by atoms with E-state index in [-0.39, 0.29) is 11.1 Å². The first-order valence-electron chi connectivity index (χ1n) is 7.29. The molecule has 0 bridgehead atoms. The summed E-state index contributed by atoms with van der Waals surface area (Å²) in [4.78, 5) is 18.7. The van der Waals surface area contributed by atoms with Crippen molar-refractivity contribution < 1.29 is 4.79 Å². The Morgan fingerprint density at radius 2 is 1.95 bits per heavy atom. The summed E-state index contributed by atoms with van der Waals surface area (Å²) in [6, 6.07) is 2.03. The van der Waals surface area contributed by atoms with Crippen LogP contribution in [0.2, 0.25) is 10.2 Å². The smallest absolute Gasteiger partial charge is 0.255 e. The van der Waals surface area contributed by atoms with Crippen molar-refractivity contribution in [2.75, 3.05) is 6.54 Å². The van der Waals surface area contributed by atoms with Crippen LogP contribution in [0.1, 0.15) is 48.9 Å². The quantitative estimate of drug-likeness (QED) is 0.729. The van der Waals surface area contributed by atoms with Crippen molar-refractivity contribution in [3.05, 3.63) is 28.0 Å². The van der Waals surface area contributed by atoms with E-state index in [9.17, 15) is 4.79 Å². The molecule has 2 atom stereocenters. The van der Waals surface area contributed by atoms with Crippen LogP contribution in [-0.2, 0) is 0 Å². The van der Waals surface area contributed by atoms with Crippen LogP contribution in [0.25, 0.3) is 0 Å². The third-order valence-corrected chi connectivity index (χ3v) is 5.23. The highest BCUT2D eigenvalue weighted by atomic mass is 35.5. The summed E-state index contributed by atoms with van der Waals surface area (Å²) in [5.74, 6) is 0.727. The van der Waals surface area contributed by atoms with Gasteiger partial charge in [0.25, 0.3) is 5.91 Å². The van der Waals surface area contributed by atoms with Gasteiger partial charge in [0.15, 0.2) is 0 Å². The fourth-order valence-electron chi connectivity index (χ4n) is 3.58. The molecule has 3 nitrogen and oxygen atoms in total. The molecule has 1 aliphatic carbocycles. The Balaban J connectivity index is 1.83. The summed E-state index contributed by atoms with van der Waals surface area (Å²) in [5, 5.41) is 0.590. The Morgan fingerprint density at radius 1 is 1.20 bits per heavy atom. The number of carbonyl (C=O) groups excluding carboxylic acids is 1. The second kappa shape index (κ2) is 5.90. The Bertz CT molecular complexity index is 519. The van der Waals surface area contributed by atoms with E-state index in [2.05, 4.69) is 4.98 Å². The molecule has 108 valence electrons. The van der Waals surface area contributed by atoms with Crippen LogP contribution in [0.4, 0.5) is 0 Å². The number of piperidine rings is 1. The van der Waals surface area contributed by atoms with E-state index in [4.69, 9.17) is 23.2 Å². The van der Waals surface area contributed by atoms with E-state index in [0.717, 1.165) is 19.4 Å². The molecule has 1 aromatic heterocycles. The van der Waals surface area contributed by atoms with Gasteiger partial charge in [0.05, 0.1) is 10.6 Å². The third-order valence-electron chi connectivity index (χ3n) is 4.55. The highest BCUT2D eigenvalue weighted by Crippen LogP contribution is 2.36. The summed E-state index contributed by atoms with van der Waals surface area (Å²) >= 11 is 11.8. The van der Waals surface area contributed by atoms with Gasteiger partial charge in [0, 0.05) is 18.8 Å². The Kier molecular flexibility index (Phi) is 4.18. The highest BCUT2D eigenvalue weighted by molar-refractivity contribution is 6.41. The van der Waals surface area contributed by atoms with Crippen molar-refractivity contribution >= 4 is 29.1 Å². The average molecular weight is 313 g/mol. The van der Waals surface area contributed by atoms with Gasteiger partial charge < -0.3 is 4.90 Å². The van der Waals surface area contributed by atoms with E-state index in [1.54, 1.807) is 6.07 Å². The molecule has 20 heavy (non-hydrogen) atoms. The van der Waals surface area contributed by atoms with E-state index in [1.807, 2.05) is 4.90 Å². The Hall–Kier alpha value is -0.800. The van der Waals surface area contributed by atoms with Crippen LogP contribution in [0, 0.1) is 5.92 Å². The maximum absolute atomic E-state index is 12.7. The lowest BCUT2D eigenvalue weighted by Crippen LogP contribution is -2.49. The number of pyridine rings is 1. The van der Waals surface area contributed by atoms with Crippen molar-refractivity contribution in [1.29, 1.82) is 0 Å². The number of amides is 1. The molecule has 1 amide bonds. The zero-order chi connectivity index (χ0) is 14.1. The van der Waals surface area contributed by atoms with Crippen LogP contribution in [0.5, 0.6) is 0 Å².